The van der Waals surface area contributed by atoms with E-state index in [1.807, 2.05) is 0 Å². The molecule has 0 amide bonds. The molecule has 5 heavy (non-hydrogen) atoms. The molecule has 0 fully saturated rings. The van der Waals surface area contributed by atoms with Gasteiger partial charge >= 0.3 is 86.5 Å². The van der Waals surface area contributed by atoms with Gasteiger partial charge in [0.25, 0.3) is 0 Å². The summed E-state index contributed by atoms with van der Waals surface area (Å²) in [6, 6.07) is 0. The van der Waals surface area contributed by atoms with Crippen molar-refractivity contribution in [3.05, 3.63) is 0 Å². The molecule has 0 spiro atoms. The average molecular weight is 325 g/mol. The summed E-state index contributed by atoms with van der Waals surface area (Å²) in [6.07, 6.45) is 0. The van der Waals surface area contributed by atoms with Crippen LogP contribution in [0.5, 0.6) is 0 Å². The molecule has 2 radical (unpaired) electrons. The molecule has 0 heterocycles. The van der Waals surface area contributed by atoms with Gasteiger partial charge in [0.15, 0.2) is 0 Å². The normalized spacial score (nSPS) is 0. The van der Waals surface area contributed by atoms with E-state index in [2.05, 4.69) is 0 Å². The van der Waals surface area contributed by atoms with Crippen molar-refractivity contribution in [3.63, 3.8) is 0 Å². The van der Waals surface area contributed by atoms with Crippen LogP contribution in [0.4, 0.5) is 0 Å². The molecule has 26 valence electrons. The van der Waals surface area contributed by atoms with Crippen LogP contribution in [0.25, 0.3) is 0 Å². The molecule has 0 aliphatic heterocycles. The summed E-state index contributed by atoms with van der Waals surface area (Å²) in [7, 11) is 0. The van der Waals surface area contributed by atoms with Crippen molar-refractivity contribution in [2.45, 2.75) is 0 Å². The van der Waals surface area contributed by atoms with Crippen molar-refractivity contribution >= 4 is 0 Å². The van der Waals surface area contributed by atoms with Gasteiger partial charge in [0.2, 0.25) is 0 Å². The Morgan fingerprint density at radius 1 is 1.00 bits per heavy atom. The van der Waals surface area contributed by atoms with Gasteiger partial charge in [0.1, 0.15) is 0 Å². The van der Waals surface area contributed by atoms with Crippen LogP contribution in [0, 0.1) is 35.6 Å². The molecular weight excluding hydrogens is 325 g/mol. The maximum Gasteiger partial charge on any atom is 3.00 e. The second-order valence-corrected chi connectivity index (χ2v) is 0. The van der Waals surface area contributed by atoms with Crippen LogP contribution in [0.1, 0.15) is 0 Å². The Morgan fingerprint density at radius 3 is 1.00 bits per heavy atom. The smallest absolute Gasteiger partial charge is 2.00 e. The molecule has 0 N–H and O–H groups in total. The van der Waals surface area contributed by atoms with Gasteiger partial charge in [-0.25, -0.2) is 0 Å². The third-order valence-electron chi connectivity index (χ3n) is 0. The van der Waals surface area contributed by atoms with Gasteiger partial charge < -0.3 is 5.48 Å². The van der Waals surface area contributed by atoms with Crippen molar-refractivity contribution in [3.8, 4) is 0 Å². The molecule has 0 bridgehead atoms. The Balaban J connectivity index is 0. The molecule has 0 saturated heterocycles. The summed E-state index contributed by atoms with van der Waals surface area (Å²) in [5.41, 5.74) is 0. The zero-order chi connectivity index (χ0) is 0. The van der Waals surface area contributed by atoms with Crippen molar-refractivity contribution in [1.82, 2.24) is 0 Å². The van der Waals surface area contributed by atoms with E-state index in [0.29, 0.717) is 0 Å². The van der Waals surface area contributed by atoms with Crippen molar-refractivity contribution in [2.75, 3.05) is 0 Å². The maximum atomic E-state index is 0. The van der Waals surface area contributed by atoms with Gasteiger partial charge in [0, 0.05) is 0 Å². The second kappa shape index (κ2) is 29.9. The monoisotopic (exact) mass is 325 g/mol. The van der Waals surface area contributed by atoms with Crippen LogP contribution < -0.4 is 0 Å². The van der Waals surface area contributed by atoms with E-state index >= 15 is 0 Å². The minimum Gasteiger partial charge on any atom is -2.00 e. The first-order valence-corrected chi connectivity index (χ1v) is 0. The Bertz CT molecular complexity index is 11.6. The zero-order valence-electron chi connectivity index (χ0n) is 2.05. The molecule has 0 aromatic carbocycles. The Kier molecular flexibility index (Phi) is 283. The molecule has 0 rings (SSSR count). The molecule has 0 aliphatic rings. The minimum absolute atomic E-state index is 0. The van der Waals surface area contributed by atoms with Crippen LogP contribution in [0.15, 0.2) is 0 Å². The SMILES string of the molecule is [Co+2].[Fe+2].[La+3].[Mn+2].[O-2]. The second-order valence-electron chi connectivity index (χ2n) is 0. The van der Waals surface area contributed by atoms with Gasteiger partial charge in [-0.2, -0.15) is 0 Å². The molecule has 0 saturated carbocycles. The van der Waals surface area contributed by atoms with Gasteiger partial charge in [0.05, 0.1) is 0 Å². The topological polar surface area (TPSA) is 28.5 Å². The van der Waals surface area contributed by atoms with Crippen molar-refractivity contribution in [1.29, 1.82) is 0 Å². The zero-order valence-corrected chi connectivity index (χ0v) is 9.00. The molecule has 0 aliphatic carbocycles. The van der Waals surface area contributed by atoms with Crippen LogP contribution in [0.3, 0.4) is 0 Å². The number of hydrogen-bond acceptors (Lipinski definition) is 0. The first-order valence-electron chi connectivity index (χ1n) is 0. The largest absolute Gasteiger partial charge is 3.00 e. The molecule has 0 aromatic rings. The van der Waals surface area contributed by atoms with Crippen LogP contribution in [-0.4, -0.2) is 0 Å². The summed E-state index contributed by atoms with van der Waals surface area (Å²) in [5.74, 6) is 0. The number of hydrogen-bond donors (Lipinski definition) is 0. The fraction of sp³-hybridized carbons (Fsp3) is 0. The molecule has 5 heteroatoms. The summed E-state index contributed by atoms with van der Waals surface area (Å²) in [4.78, 5) is 0. The Labute approximate surface area is 90.5 Å². The van der Waals surface area contributed by atoms with Gasteiger partial charge in [-0.05, 0) is 0 Å². The van der Waals surface area contributed by atoms with Crippen LogP contribution in [-0.2, 0) is 56.4 Å². The first kappa shape index (κ1) is 47.4. The fourth-order valence-electron chi connectivity index (χ4n) is 0. The van der Waals surface area contributed by atoms with E-state index in [4.69, 9.17) is 0 Å². The van der Waals surface area contributed by atoms with E-state index in [9.17, 15) is 0 Å². The van der Waals surface area contributed by atoms with Gasteiger partial charge in [-0.1, -0.05) is 0 Å². The fourth-order valence-corrected chi connectivity index (χ4v) is 0. The van der Waals surface area contributed by atoms with E-state index in [1.165, 1.54) is 0 Å². The third kappa shape index (κ3) is 20.3. The molecule has 0 aromatic heterocycles. The summed E-state index contributed by atoms with van der Waals surface area (Å²) in [6.45, 7) is 0. The van der Waals surface area contributed by atoms with Gasteiger partial charge in [-0.15, -0.1) is 0 Å². The first-order chi connectivity index (χ1) is 0. The predicted octanol–water partition coefficient (Wildman–Crippen LogP) is -0.126. The number of rotatable bonds is 0. The quantitative estimate of drug-likeness (QED) is 0.556. The predicted molar refractivity (Wildman–Crippen MR) is 0.686 cm³/mol. The average Bonchev–Trinajstić information content (AvgIpc) is 0. The molecule has 1 nitrogen and oxygen atoms in total. The maximum absolute atomic E-state index is 0. The summed E-state index contributed by atoms with van der Waals surface area (Å²) in [5, 5.41) is 0. The summed E-state index contributed by atoms with van der Waals surface area (Å²) < 4.78 is 0. The van der Waals surface area contributed by atoms with Crippen molar-refractivity contribution < 1.29 is 92.0 Å². The molecule has 0 unspecified atom stereocenters. The van der Waals surface area contributed by atoms with Crippen molar-refractivity contribution in [2.24, 2.45) is 0 Å². The molecule has 0 atom stereocenters. The minimum atomic E-state index is 0. The van der Waals surface area contributed by atoms with Gasteiger partial charge in [-0.3, -0.25) is 0 Å². The Hall–Kier alpha value is 2.70. The van der Waals surface area contributed by atoms with Crippen LogP contribution in [0.2, 0.25) is 0 Å². The van der Waals surface area contributed by atoms with E-state index in [0.717, 1.165) is 0 Å². The standard InChI is InChI=1S/Co.Fe.La.Mn.O/q2*+2;+3;+2;-2. The summed E-state index contributed by atoms with van der Waals surface area (Å²) >= 11 is 0. The van der Waals surface area contributed by atoms with E-state index < -0.39 is 0 Å². The molecular formula is CoFeLaMnO+7. The van der Waals surface area contributed by atoms with E-state index in [-0.39, 0.29) is 92.0 Å². The third-order valence-corrected chi connectivity index (χ3v) is 0. The van der Waals surface area contributed by atoms with E-state index in [1.54, 1.807) is 0 Å². The van der Waals surface area contributed by atoms with Crippen LogP contribution >= 0.6 is 0 Å². The Morgan fingerprint density at radius 2 is 1.00 bits per heavy atom.